The molecule has 7 heteroatoms. The largest absolute Gasteiger partial charge is 0.477 e. The molecule has 2 aliphatic rings. The number of carbonyl (C=O) groups excluding carboxylic acids is 2. The number of Topliss-reactive ketones (excluding diaryl/α,β-unsaturated/α-hetero) is 1. The van der Waals surface area contributed by atoms with Crippen LogP contribution in [0.15, 0.2) is 24.5 Å². The van der Waals surface area contributed by atoms with Crippen molar-refractivity contribution in [1.29, 1.82) is 0 Å². The van der Waals surface area contributed by atoms with Crippen molar-refractivity contribution < 1.29 is 14.3 Å². The van der Waals surface area contributed by atoms with Crippen molar-refractivity contribution >= 4 is 17.4 Å². The summed E-state index contributed by atoms with van der Waals surface area (Å²) in [5, 5.41) is 2.81. The Morgan fingerprint density at radius 2 is 2.30 bits per heavy atom. The Hall–Kier alpha value is -2.67. The maximum atomic E-state index is 12.6. The Bertz CT molecular complexity index is 843. The number of H-pyrrole nitrogens is 1. The third kappa shape index (κ3) is 3.88. The summed E-state index contributed by atoms with van der Waals surface area (Å²) in [5.41, 5.74) is 2.37. The molecule has 142 valence electrons. The molecule has 1 aliphatic carbocycles. The van der Waals surface area contributed by atoms with Gasteiger partial charge in [-0.3, -0.25) is 9.59 Å². The normalized spacial score (nSPS) is 19.7. The predicted octanol–water partition coefficient (Wildman–Crippen LogP) is 2.51. The minimum Gasteiger partial charge on any atom is -0.477 e. The van der Waals surface area contributed by atoms with Gasteiger partial charge in [0.05, 0.1) is 29.6 Å². The van der Waals surface area contributed by atoms with E-state index in [0.29, 0.717) is 41.6 Å². The summed E-state index contributed by atoms with van der Waals surface area (Å²) in [4.78, 5) is 34.3. The molecule has 1 aliphatic heterocycles. The van der Waals surface area contributed by atoms with Crippen molar-refractivity contribution in [3.8, 4) is 5.88 Å². The van der Waals surface area contributed by atoms with Crippen LogP contribution in [0.4, 0.5) is 5.69 Å². The van der Waals surface area contributed by atoms with Gasteiger partial charge in [0, 0.05) is 36.8 Å². The molecule has 2 N–H and O–H groups in total. The van der Waals surface area contributed by atoms with Crippen molar-refractivity contribution in [2.75, 3.05) is 32.1 Å². The molecular formula is C20H24N4O3. The van der Waals surface area contributed by atoms with Crippen LogP contribution in [-0.2, 0) is 6.42 Å². The van der Waals surface area contributed by atoms with Crippen LogP contribution >= 0.6 is 0 Å². The van der Waals surface area contributed by atoms with Crippen LogP contribution in [0.2, 0.25) is 0 Å². The highest BCUT2D eigenvalue weighted by atomic mass is 16.5. The third-order valence-electron chi connectivity index (χ3n) is 5.27. The molecule has 0 bridgehead atoms. The number of ketones is 1. The number of nitrogens with zero attached hydrogens (tertiary/aromatic N) is 2. The van der Waals surface area contributed by atoms with Crippen LogP contribution in [0.3, 0.4) is 0 Å². The molecule has 1 atom stereocenters. The number of hydrogen-bond donors (Lipinski definition) is 2. The number of anilines is 1. The Labute approximate surface area is 158 Å². The monoisotopic (exact) mass is 368 g/mol. The molecule has 0 aromatic carbocycles. The molecule has 3 heterocycles. The molecule has 2 aromatic rings. The van der Waals surface area contributed by atoms with Gasteiger partial charge in [-0.05, 0) is 38.9 Å². The summed E-state index contributed by atoms with van der Waals surface area (Å²) < 4.78 is 5.76. The van der Waals surface area contributed by atoms with Gasteiger partial charge in [-0.25, -0.2) is 4.98 Å². The Balaban J connectivity index is 1.36. The second kappa shape index (κ2) is 7.52. The topological polar surface area (TPSA) is 87.3 Å². The van der Waals surface area contributed by atoms with E-state index in [-0.39, 0.29) is 11.7 Å². The third-order valence-corrected chi connectivity index (χ3v) is 5.27. The number of carbonyl (C=O) groups is 2. The van der Waals surface area contributed by atoms with Gasteiger partial charge in [0.1, 0.15) is 0 Å². The lowest BCUT2D eigenvalue weighted by atomic mass is 9.93. The van der Waals surface area contributed by atoms with Crippen LogP contribution in [-0.4, -0.2) is 53.3 Å². The Morgan fingerprint density at radius 3 is 3.04 bits per heavy atom. The number of amides is 1. The van der Waals surface area contributed by atoms with Crippen molar-refractivity contribution in [3.05, 3.63) is 41.3 Å². The van der Waals surface area contributed by atoms with Gasteiger partial charge in [0.25, 0.3) is 5.91 Å². The van der Waals surface area contributed by atoms with E-state index in [1.165, 1.54) is 0 Å². The molecular weight excluding hydrogens is 344 g/mol. The predicted molar refractivity (Wildman–Crippen MR) is 101 cm³/mol. The van der Waals surface area contributed by atoms with Crippen LogP contribution in [0, 0.1) is 5.92 Å². The molecule has 27 heavy (non-hydrogen) atoms. The average Bonchev–Trinajstić information content (AvgIpc) is 3.28. The summed E-state index contributed by atoms with van der Waals surface area (Å²) in [7, 11) is 2.12. The fraction of sp³-hybridized carbons (Fsp3) is 0.450. The quantitative estimate of drug-likeness (QED) is 0.847. The first-order valence-electron chi connectivity index (χ1n) is 9.42. The standard InChI is InChI=1S/C20H24N4O3/c1-24-8-7-13(11-24)12-27-18-6-5-14(9-22-18)23-20(26)15-10-21-16-3-2-4-17(25)19(15)16/h5-6,9-10,13,21H,2-4,7-8,11-12H2,1H3,(H,23,26). The van der Waals surface area contributed by atoms with Gasteiger partial charge >= 0.3 is 0 Å². The number of fused-ring (bicyclic) bond motifs is 1. The van der Waals surface area contributed by atoms with Crippen LogP contribution in [0.5, 0.6) is 5.88 Å². The first-order chi connectivity index (χ1) is 13.1. The van der Waals surface area contributed by atoms with Crippen molar-refractivity contribution in [3.63, 3.8) is 0 Å². The number of likely N-dealkylation sites (tertiary alicyclic amines) is 1. The maximum absolute atomic E-state index is 12.6. The molecule has 0 radical (unpaired) electrons. The molecule has 1 fully saturated rings. The fourth-order valence-electron chi connectivity index (χ4n) is 3.82. The minimum atomic E-state index is -0.299. The first-order valence-corrected chi connectivity index (χ1v) is 9.42. The van der Waals surface area contributed by atoms with Gasteiger partial charge in [-0.2, -0.15) is 0 Å². The lowest BCUT2D eigenvalue weighted by Crippen LogP contribution is -2.18. The summed E-state index contributed by atoms with van der Waals surface area (Å²) >= 11 is 0. The first kappa shape index (κ1) is 17.7. The molecule has 1 amide bonds. The van der Waals surface area contributed by atoms with Gasteiger partial charge in [-0.15, -0.1) is 0 Å². The lowest BCUT2D eigenvalue weighted by molar-refractivity contribution is 0.0956. The van der Waals surface area contributed by atoms with E-state index in [9.17, 15) is 9.59 Å². The molecule has 1 unspecified atom stereocenters. The number of aromatic nitrogens is 2. The summed E-state index contributed by atoms with van der Waals surface area (Å²) in [6, 6.07) is 3.52. The van der Waals surface area contributed by atoms with Gasteiger partial charge in [-0.1, -0.05) is 0 Å². The number of hydrogen-bond acceptors (Lipinski definition) is 5. The van der Waals surface area contributed by atoms with Crippen LogP contribution in [0.25, 0.3) is 0 Å². The zero-order valence-corrected chi connectivity index (χ0v) is 15.5. The highest BCUT2D eigenvalue weighted by Crippen LogP contribution is 2.25. The van der Waals surface area contributed by atoms with Crippen molar-refractivity contribution in [2.45, 2.75) is 25.7 Å². The van der Waals surface area contributed by atoms with Gasteiger partial charge < -0.3 is 19.9 Å². The van der Waals surface area contributed by atoms with E-state index < -0.39 is 0 Å². The van der Waals surface area contributed by atoms with Gasteiger partial charge in [0.15, 0.2) is 5.78 Å². The number of nitrogens with one attached hydrogen (secondary N) is 2. The second-order valence-corrected chi connectivity index (χ2v) is 7.40. The molecule has 0 spiro atoms. The van der Waals surface area contributed by atoms with Crippen molar-refractivity contribution in [2.24, 2.45) is 5.92 Å². The van der Waals surface area contributed by atoms with Gasteiger partial charge in [0.2, 0.25) is 5.88 Å². The summed E-state index contributed by atoms with van der Waals surface area (Å²) in [6.45, 7) is 2.81. The minimum absolute atomic E-state index is 0.0297. The second-order valence-electron chi connectivity index (χ2n) is 7.40. The highest BCUT2D eigenvalue weighted by Gasteiger charge is 2.26. The SMILES string of the molecule is CN1CCC(COc2ccc(NC(=O)c3c[nH]c4c3C(=O)CCC4)cn2)C1. The number of aromatic amines is 1. The summed E-state index contributed by atoms with van der Waals surface area (Å²) in [6.07, 6.45) is 6.47. The Kier molecular flexibility index (Phi) is 4.94. The number of ether oxygens (including phenoxy) is 1. The molecule has 1 saturated heterocycles. The fourth-order valence-corrected chi connectivity index (χ4v) is 3.82. The van der Waals surface area contributed by atoms with E-state index in [0.717, 1.165) is 38.0 Å². The van der Waals surface area contributed by atoms with E-state index in [4.69, 9.17) is 4.74 Å². The smallest absolute Gasteiger partial charge is 0.257 e. The highest BCUT2D eigenvalue weighted by molar-refractivity contribution is 6.13. The average molecular weight is 368 g/mol. The molecule has 4 rings (SSSR count). The van der Waals surface area contributed by atoms with E-state index in [1.54, 1.807) is 24.5 Å². The molecule has 0 saturated carbocycles. The van der Waals surface area contributed by atoms with E-state index >= 15 is 0 Å². The Morgan fingerprint density at radius 1 is 1.41 bits per heavy atom. The molecule has 7 nitrogen and oxygen atoms in total. The lowest BCUT2D eigenvalue weighted by Gasteiger charge is -2.13. The van der Waals surface area contributed by atoms with Crippen LogP contribution < -0.4 is 10.1 Å². The van der Waals surface area contributed by atoms with Crippen molar-refractivity contribution in [1.82, 2.24) is 14.9 Å². The number of rotatable bonds is 5. The zero-order valence-electron chi connectivity index (χ0n) is 15.5. The zero-order chi connectivity index (χ0) is 18.8. The van der Waals surface area contributed by atoms with E-state index in [1.807, 2.05) is 0 Å². The van der Waals surface area contributed by atoms with Crippen LogP contribution in [0.1, 0.15) is 45.7 Å². The maximum Gasteiger partial charge on any atom is 0.257 e. The number of pyridine rings is 1. The van der Waals surface area contributed by atoms with E-state index in [2.05, 4.69) is 27.2 Å². The number of aryl methyl sites for hydroxylation is 1. The summed E-state index contributed by atoms with van der Waals surface area (Å²) in [5.74, 6) is 0.819. The molecule has 2 aromatic heterocycles.